The van der Waals surface area contributed by atoms with Gasteiger partial charge in [-0.05, 0) is 18.6 Å². The van der Waals surface area contributed by atoms with Crippen LogP contribution in [0.1, 0.15) is 122 Å². The smallest absolute Gasteiger partial charge is 0.112 e. The third kappa shape index (κ3) is 7.97. The molecular weight excluding hydrogens is 340 g/mol. The van der Waals surface area contributed by atoms with Crippen molar-refractivity contribution < 1.29 is 0 Å². The van der Waals surface area contributed by atoms with Gasteiger partial charge in [-0.25, -0.2) is 4.98 Å². The Kier molecular flexibility index (Phi) is 11.3. The highest BCUT2D eigenvalue weighted by Gasteiger charge is 2.12. The molecule has 0 atom stereocenters. The number of para-hydroxylation sites is 2. The van der Waals surface area contributed by atoms with E-state index in [-0.39, 0.29) is 0 Å². The van der Waals surface area contributed by atoms with Crippen LogP contribution in [0.3, 0.4) is 0 Å². The van der Waals surface area contributed by atoms with Crippen molar-refractivity contribution in [2.75, 3.05) is 0 Å². The third-order valence-electron chi connectivity index (χ3n) is 5.94. The van der Waals surface area contributed by atoms with Crippen LogP contribution in [0.5, 0.6) is 0 Å². The van der Waals surface area contributed by atoms with E-state index in [4.69, 9.17) is 4.98 Å². The first-order valence-corrected chi connectivity index (χ1v) is 12.2. The Bertz CT molecular complexity index is 641. The van der Waals surface area contributed by atoms with Crippen molar-refractivity contribution in [2.24, 2.45) is 0 Å². The second kappa shape index (κ2) is 13.8. The van der Waals surface area contributed by atoms with Crippen molar-refractivity contribution in [1.82, 2.24) is 9.55 Å². The van der Waals surface area contributed by atoms with E-state index in [0.29, 0.717) is 5.92 Å². The molecule has 1 aromatic heterocycles. The van der Waals surface area contributed by atoms with Crippen molar-refractivity contribution in [3.8, 4) is 0 Å². The zero-order valence-corrected chi connectivity index (χ0v) is 18.9. The zero-order chi connectivity index (χ0) is 20.0. The molecule has 158 valence electrons. The van der Waals surface area contributed by atoms with Crippen LogP contribution in [0.4, 0.5) is 0 Å². The molecule has 0 aliphatic carbocycles. The number of rotatable bonds is 16. The Balaban J connectivity index is 1.52. The van der Waals surface area contributed by atoms with Crippen molar-refractivity contribution in [2.45, 2.75) is 123 Å². The molecule has 1 aromatic carbocycles. The minimum Gasteiger partial charge on any atom is -0.328 e. The maximum Gasteiger partial charge on any atom is 0.112 e. The normalized spacial score (nSPS) is 11.7. The van der Waals surface area contributed by atoms with Crippen LogP contribution < -0.4 is 0 Å². The van der Waals surface area contributed by atoms with E-state index in [1.165, 1.54) is 101 Å². The number of hydrogen-bond donors (Lipinski definition) is 0. The zero-order valence-electron chi connectivity index (χ0n) is 18.9. The number of fused-ring (bicyclic) bond motifs is 1. The summed E-state index contributed by atoms with van der Waals surface area (Å²) in [5.41, 5.74) is 2.46. The van der Waals surface area contributed by atoms with Crippen LogP contribution in [0, 0.1) is 0 Å². The fourth-order valence-electron chi connectivity index (χ4n) is 4.23. The van der Waals surface area contributed by atoms with Gasteiger partial charge >= 0.3 is 0 Å². The first kappa shape index (κ1) is 23.0. The van der Waals surface area contributed by atoms with Crippen molar-refractivity contribution in [3.63, 3.8) is 0 Å². The van der Waals surface area contributed by atoms with Gasteiger partial charge in [-0.15, -0.1) is 0 Å². The maximum absolute atomic E-state index is 4.86. The summed E-state index contributed by atoms with van der Waals surface area (Å²) in [5, 5.41) is 0. The molecule has 0 radical (unpaired) electrons. The van der Waals surface area contributed by atoms with Crippen LogP contribution in [0.15, 0.2) is 24.3 Å². The van der Waals surface area contributed by atoms with Gasteiger partial charge in [0.1, 0.15) is 5.82 Å². The van der Waals surface area contributed by atoms with Gasteiger partial charge in [-0.3, -0.25) is 0 Å². The summed E-state index contributed by atoms with van der Waals surface area (Å²) in [4.78, 5) is 4.86. The van der Waals surface area contributed by atoms with Gasteiger partial charge < -0.3 is 4.57 Å². The molecule has 0 spiro atoms. The van der Waals surface area contributed by atoms with Gasteiger partial charge in [0.25, 0.3) is 0 Å². The molecule has 0 unspecified atom stereocenters. The highest BCUT2D eigenvalue weighted by Crippen LogP contribution is 2.22. The minimum absolute atomic E-state index is 0.485. The molecule has 2 nitrogen and oxygen atoms in total. The molecular formula is C26H44N2. The molecule has 0 amide bonds. The van der Waals surface area contributed by atoms with Gasteiger partial charge in [0, 0.05) is 12.5 Å². The average Bonchev–Trinajstić information content (AvgIpc) is 3.07. The maximum atomic E-state index is 4.86. The Labute approximate surface area is 174 Å². The molecule has 2 heteroatoms. The Morgan fingerprint density at radius 2 is 1.21 bits per heavy atom. The van der Waals surface area contributed by atoms with Crippen LogP contribution in [0.2, 0.25) is 0 Å². The molecule has 1 heterocycles. The van der Waals surface area contributed by atoms with Crippen LogP contribution in [0.25, 0.3) is 11.0 Å². The van der Waals surface area contributed by atoms with Gasteiger partial charge in [-0.1, -0.05) is 116 Å². The van der Waals surface area contributed by atoms with Crippen LogP contribution in [-0.2, 0) is 6.54 Å². The monoisotopic (exact) mass is 384 g/mol. The first-order chi connectivity index (χ1) is 13.7. The summed E-state index contributed by atoms with van der Waals surface area (Å²) in [6.45, 7) is 7.92. The number of aromatic nitrogens is 2. The number of nitrogens with zero attached hydrogens (tertiary/aromatic N) is 2. The second-order valence-corrected chi connectivity index (χ2v) is 8.86. The van der Waals surface area contributed by atoms with Crippen LogP contribution >= 0.6 is 0 Å². The van der Waals surface area contributed by atoms with E-state index in [1.54, 1.807) is 0 Å². The number of unbranched alkanes of at least 4 members (excludes halogenated alkanes) is 13. The molecule has 28 heavy (non-hydrogen) atoms. The fourth-order valence-corrected chi connectivity index (χ4v) is 4.23. The van der Waals surface area contributed by atoms with Gasteiger partial charge in [0.05, 0.1) is 11.0 Å². The number of imidazole rings is 1. The SMILES string of the molecule is CCCCCCCCCCCCCCCCn1c(C(C)C)nc2ccccc21. The van der Waals surface area contributed by atoms with Gasteiger partial charge in [0.15, 0.2) is 0 Å². The highest BCUT2D eigenvalue weighted by atomic mass is 15.1. The molecule has 0 aliphatic heterocycles. The summed E-state index contributed by atoms with van der Waals surface area (Å²) < 4.78 is 2.46. The molecule has 0 fully saturated rings. The molecule has 0 N–H and O–H groups in total. The topological polar surface area (TPSA) is 17.8 Å². The summed E-state index contributed by atoms with van der Waals surface area (Å²) in [6.07, 6.45) is 19.8. The largest absolute Gasteiger partial charge is 0.328 e. The summed E-state index contributed by atoms with van der Waals surface area (Å²) in [5.74, 6) is 1.73. The molecule has 0 saturated carbocycles. The van der Waals surface area contributed by atoms with Gasteiger partial charge in [-0.2, -0.15) is 0 Å². The molecule has 0 aliphatic rings. The Morgan fingerprint density at radius 3 is 1.75 bits per heavy atom. The summed E-state index contributed by atoms with van der Waals surface area (Å²) in [6, 6.07) is 8.59. The van der Waals surface area contributed by atoms with Crippen molar-refractivity contribution in [3.05, 3.63) is 30.1 Å². The van der Waals surface area contributed by atoms with Crippen molar-refractivity contribution in [1.29, 1.82) is 0 Å². The van der Waals surface area contributed by atoms with E-state index in [1.807, 2.05) is 0 Å². The molecule has 0 saturated heterocycles. The number of hydrogen-bond acceptors (Lipinski definition) is 1. The Morgan fingerprint density at radius 1 is 0.714 bits per heavy atom. The molecule has 2 rings (SSSR count). The van der Waals surface area contributed by atoms with Gasteiger partial charge in [0.2, 0.25) is 0 Å². The van der Waals surface area contributed by atoms with E-state index in [9.17, 15) is 0 Å². The quantitative estimate of drug-likeness (QED) is 0.265. The first-order valence-electron chi connectivity index (χ1n) is 12.2. The van der Waals surface area contributed by atoms with Crippen LogP contribution in [-0.4, -0.2) is 9.55 Å². The summed E-state index contributed by atoms with van der Waals surface area (Å²) in [7, 11) is 0. The predicted octanol–water partition coefficient (Wildman–Crippen LogP) is 8.64. The summed E-state index contributed by atoms with van der Waals surface area (Å²) >= 11 is 0. The lowest BCUT2D eigenvalue weighted by Crippen LogP contribution is -2.05. The predicted molar refractivity (Wildman–Crippen MR) is 124 cm³/mol. The standard InChI is InChI=1S/C26H44N2/c1-4-5-6-7-8-9-10-11-12-13-14-15-16-19-22-28-25-21-18-17-20-24(25)27-26(28)23(2)3/h17-18,20-21,23H,4-16,19,22H2,1-3H3. The van der Waals surface area contributed by atoms with E-state index in [2.05, 4.69) is 49.6 Å². The van der Waals surface area contributed by atoms with E-state index >= 15 is 0 Å². The van der Waals surface area contributed by atoms with Crippen molar-refractivity contribution >= 4 is 11.0 Å². The highest BCUT2D eigenvalue weighted by molar-refractivity contribution is 5.76. The average molecular weight is 385 g/mol. The number of benzene rings is 1. The molecule has 0 bridgehead atoms. The lowest BCUT2D eigenvalue weighted by atomic mass is 10.0. The Hall–Kier alpha value is -1.31. The number of aryl methyl sites for hydroxylation is 1. The second-order valence-electron chi connectivity index (χ2n) is 8.86. The lowest BCUT2D eigenvalue weighted by Gasteiger charge is -2.11. The molecule has 2 aromatic rings. The van der Waals surface area contributed by atoms with E-state index in [0.717, 1.165) is 12.1 Å². The van der Waals surface area contributed by atoms with E-state index < -0.39 is 0 Å². The minimum atomic E-state index is 0.485. The lowest BCUT2D eigenvalue weighted by molar-refractivity contribution is 0.520. The fraction of sp³-hybridized carbons (Fsp3) is 0.731. The third-order valence-corrected chi connectivity index (χ3v) is 5.94.